The Labute approximate surface area is 140 Å². The molecule has 1 aliphatic carbocycles. The zero-order valence-corrected chi connectivity index (χ0v) is 14.2. The van der Waals surface area contributed by atoms with Crippen molar-refractivity contribution < 1.29 is 9.53 Å². The van der Waals surface area contributed by atoms with Crippen LogP contribution in [0.25, 0.3) is 0 Å². The van der Waals surface area contributed by atoms with Crippen molar-refractivity contribution in [3.8, 4) is 5.75 Å². The van der Waals surface area contributed by atoms with Crippen LogP contribution >= 0.6 is 11.3 Å². The summed E-state index contributed by atoms with van der Waals surface area (Å²) in [4.78, 5) is 18.2. The van der Waals surface area contributed by atoms with Crippen LogP contribution in [0.1, 0.15) is 53.5 Å². The van der Waals surface area contributed by atoms with Gasteiger partial charge in [-0.1, -0.05) is 13.3 Å². The molecule has 1 heterocycles. The number of fused-ring (bicyclic) bond motifs is 1. The van der Waals surface area contributed by atoms with E-state index in [2.05, 4.69) is 17.2 Å². The third-order valence-corrected chi connectivity index (χ3v) is 5.02. The van der Waals surface area contributed by atoms with Crippen molar-refractivity contribution in [1.29, 1.82) is 0 Å². The summed E-state index contributed by atoms with van der Waals surface area (Å²) in [6.45, 7) is 2.85. The number of unbranched alkanes of at least 4 members (excludes halogenated alkanes) is 1. The van der Waals surface area contributed by atoms with E-state index < -0.39 is 0 Å². The highest BCUT2D eigenvalue weighted by atomic mass is 32.1. The number of nitrogens with zero attached hydrogens (tertiary/aromatic N) is 1. The first-order valence-electron chi connectivity index (χ1n) is 8.29. The Hall–Kier alpha value is -1.88. The van der Waals surface area contributed by atoms with E-state index in [0.29, 0.717) is 17.3 Å². The number of amides is 1. The van der Waals surface area contributed by atoms with Crippen molar-refractivity contribution in [3.05, 3.63) is 40.4 Å². The van der Waals surface area contributed by atoms with Crippen LogP contribution in [0.5, 0.6) is 5.75 Å². The van der Waals surface area contributed by atoms with Crippen LogP contribution in [0.2, 0.25) is 0 Å². The number of nitrogens with one attached hydrogen (secondary N) is 1. The second-order valence-electron chi connectivity index (χ2n) is 5.78. The molecule has 5 heteroatoms. The number of hydrogen-bond acceptors (Lipinski definition) is 4. The van der Waals surface area contributed by atoms with Gasteiger partial charge in [0.25, 0.3) is 5.91 Å². The number of aryl methyl sites for hydroxylation is 2. The molecule has 23 heavy (non-hydrogen) atoms. The highest BCUT2D eigenvalue weighted by Gasteiger charge is 2.16. The van der Waals surface area contributed by atoms with Gasteiger partial charge in [0.15, 0.2) is 5.13 Å². The maximum Gasteiger partial charge on any atom is 0.257 e. The van der Waals surface area contributed by atoms with E-state index in [9.17, 15) is 4.79 Å². The number of aromatic nitrogens is 1. The third kappa shape index (κ3) is 4.10. The fourth-order valence-corrected chi connectivity index (χ4v) is 3.66. The van der Waals surface area contributed by atoms with E-state index in [0.717, 1.165) is 37.1 Å². The lowest BCUT2D eigenvalue weighted by Gasteiger charge is -2.06. The predicted octanol–water partition coefficient (Wildman–Crippen LogP) is 4.45. The van der Waals surface area contributed by atoms with Gasteiger partial charge in [-0.3, -0.25) is 10.1 Å². The molecule has 0 spiro atoms. The van der Waals surface area contributed by atoms with Crippen LogP contribution in [0.4, 0.5) is 5.13 Å². The van der Waals surface area contributed by atoms with Gasteiger partial charge in [-0.15, -0.1) is 11.3 Å². The van der Waals surface area contributed by atoms with Crippen molar-refractivity contribution in [3.63, 3.8) is 0 Å². The zero-order valence-electron chi connectivity index (χ0n) is 13.4. The number of benzene rings is 1. The summed E-state index contributed by atoms with van der Waals surface area (Å²) in [5, 5.41) is 3.63. The van der Waals surface area contributed by atoms with Gasteiger partial charge in [0.2, 0.25) is 0 Å². The molecule has 4 nitrogen and oxygen atoms in total. The zero-order chi connectivity index (χ0) is 16.1. The van der Waals surface area contributed by atoms with E-state index in [4.69, 9.17) is 4.74 Å². The highest BCUT2D eigenvalue weighted by molar-refractivity contribution is 7.15. The number of anilines is 1. The lowest BCUT2D eigenvalue weighted by Crippen LogP contribution is -2.11. The van der Waals surface area contributed by atoms with Gasteiger partial charge in [-0.2, -0.15) is 0 Å². The molecule has 0 atom stereocenters. The van der Waals surface area contributed by atoms with Crippen LogP contribution in [0.15, 0.2) is 24.3 Å². The van der Waals surface area contributed by atoms with Crippen molar-refractivity contribution in [1.82, 2.24) is 4.98 Å². The Morgan fingerprint density at radius 3 is 2.78 bits per heavy atom. The van der Waals surface area contributed by atoms with Crippen LogP contribution in [-0.2, 0) is 12.8 Å². The topological polar surface area (TPSA) is 51.2 Å². The number of ether oxygens (including phenoxy) is 1. The minimum atomic E-state index is -0.115. The van der Waals surface area contributed by atoms with Crippen LogP contribution in [0.3, 0.4) is 0 Å². The monoisotopic (exact) mass is 330 g/mol. The molecule has 122 valence electrons. The Balaban J connectivity index is 1.60. The van der Waals surface area contributed by atoms with E-state index in [1.165, 1.54) is 17.7 Å². The molecular formula is C18H22N2O2S. The summed E-state index contributed by atoms with van der Waals surface area (Å²) in [5.74, 6) is 0.691. The molecule has 0 saturated carbocycles. The van der Waals surface area contributed by atoms with E-state index in [1.54, 1.807) is 23.5 Å². The SMILES string of the molecule is CCCCOc1ccc(C(=O)Nc2nc3c(s2)CCCC3)cc1. The van der Waals surface area contributed by atoms with E-state index in [1.807, 2.05) is 12.1 Å². The van der Waals surface area contributed by atoms with Crippen LogP contribution in [-0.4, -0.2) is 17.5 Å². The van der Waals surface area contributed by atoms with Gasteiger partial charge >= 0.3 is 0 Å². The molecule has 1 aliphatic rings. The largest absolute Gasteiger partial charge is 0.494 e. The standard InChI is InChI=1S/C18H22N2O2S/c1-2-3-12-22-14-10-8-13(9-11-14)17(21)20-18-19-15-6-4-5-7-16(15)23-18/h8-11H,2-7,12H2,1H3,(H,19,20,21). The maximum absolute atomic E-state index is 12.3. The second kappa shape index (κ2) is 7.59. The third-order valence-electron chi connectivity index (χ3n) is 3.95. The molecular weight excluding hydrogens is 308 g/mol. The molecule has 0 fully saturated rings. The smallest absolute Gasteiger partial charge is 0.257 e. The van der Waals surface area contributed by atoms with Crippen molar-refractivity contribution in [2.24, 2.45) is 0 Å². The van der Waals surface area contributed by atoms with Crippen molar-refractivity contribution >= 4 is 22.4 Å². The van der Waals surface area contributed by atoms with Gasteiger partial charge in [0, 0.05) is 10.4 Å². The van der Waals surface area contributed by atoms with Gasteiger partial charge in [0.1, 0.15) is 5.75 Å². The second-order valence-corrected chi connectivity index (χ2v) is 6.86. The maximum atomic E-state index is 12.3. The van der Waals surface area contributed by atoms with E-state index >= 15 is 0 Å². The normalized spacial score (nSPS) is 13.4. The fraction of sp³-hybridized carbons (Fsp3) is 0.444. The molecule has 1 aromatic heterocycles. The summed E-state index contributed by atoms with van der Waals surface area (Å²) in [6, 6.07) is 7.28. The lowest BCUT2D eigenvalue weighted by atomic mass is 10.0. The number of thiazole rings is 1. The van der Waals surface area contributed by atoms with Crippen LogP contribution in [0, 0.1) is 0 Å². The Morgan fingerprint density at radius 2 is 2.04 bits per heavy atom. The summed E-state index contributed by atoms with van der Waals surface area (Å²) in [6.07, 6.45) is 6.69. The lowest BCUT2D eigenvalue weighted by molar-refractivity contribution is 0.102. The molecule has 0 bridgehead atoms. The highest BCUT2D eigenvalue weighted by Crippen LogP contribution is 2.29. The van der Waals surface area contributed by atoms with Gasteiger partial charge in [0.05, 0.1) is 12.3 Å². The first-order valence-corrected chi connectivity index (χ1v) is 9.10. The Kier molecular flexibility index (Phi) is 5.28. The Bertz CT molecular complexity index is 641. The predicted molar refractivity (Wildman–Crippen MR) is 93.6 cm³/mol. The minimum Gasteiger partial charge on any atom is -0.494 e. The average Bonchev–Trinajstić information content (AvgIpc) is 2.98. The number of carbonyl (C=O) groups is 1. The molecule has 1 aromatic carbocycles. The summed E-state index contributed by atoms with van der Waals surface area (Å²) in [5.41, 5.74) is 1.79. The molecule has 3 rings (SSSR count). The average molecular weight is 330 g/mol. The summed E-state index contributed by atoms with van der Waals surface area (Å²) < 4.78 is 5.61. The molecule has 1 N–H and O–H groups in total. The van der Waals surface area contributed by atoms with Gasteiger partial charge in [-0.05, 0) is 56.4 Å². The molecule has 0 aliphatic heterocycles. The first kappa shape index (κ1) is 16.0. The van der Waals surface area contributed by atoms with Crippen molar-refractivity contribution in [2.45, 2.75) is 45.4 Å². The summed E-state index contributed by atoms with van der Waals surface area (Å²) >= 11 is 1.61. The summed E-state index contributed by atoms with van der Waals surface area (Å²) in [7, 11) is 0. The Morgan fingerprint density at radius 1 is 1.26 bits per heavy atom. The minimum absolute atomic E-state index is 0.115. The molecule has 1 amide bonds. The van der Waals surface area contributed by atoms with Crippen molar-refractivity contribution in [2.75, 3.05) is 11.9 Å². The number of rotatable bonds is 6. The van der Waals surface area contributed by atoms with Gasteiger partial charge < -0.3 is 4.74 Å². The van der Waals surface area contributed by atoms with Crippen LogP contribution < -0.4 is 10.1 Å². The molecule has 0 radical (unpaired) electrons. The molecule has 0 unspecified atom stereocenters. The molecule has 2 aromatic rings. The number of hydrogen-bond donors (Lipinski definition) is 1. The van der Waals surface area contributed by atoms with Gasteiger partial charge in [-0.25, -0.2) is 4.98 Å². The quantitative estimate of drug-likeness (QED) is 0.796. The van der Waals surface area contributed by atoms with E-state index in [-0.39, 0.29) is 5.91 Å². The first-order chi connectivity index (χ1) is 11.3. The fourth-order valence-electron chi connectivity index (χ4n) is 2.61. The molecule has 0 saturated heterocycles. The number of carbonyl (C=O) groups excluding carboxylic acids is 1.